The van der Waals surface area contributed by atoms with E-state index in [2.05, 4.69) is 10.2 Å². The number of nitrogens with two attached hydrogens (primary N) is 1. The van der Waals surface area contributed by atoms with Crippen LogP contribution < -0.4 is 5.73 Å². The first-order valence-electron chi connectivity index (χ1n) is 8.50. The zero-order valence-corrected chi connectivity index (χ0v) is 14.7. The van der Waals surface area contributed by atoms with Gasteiger partial charge in [-0.1, -0.05) is 6.42 Å². The van der Waals surface area contributed by atoms with Gasteiger partial charge in [-0.05, 0) is 37.7 Å². The summed E-state index contributed by atoms with van der Waals surface area (Å²) in [6.07, 6.45) is 0.562. The SMILES string of the molecule is Cl.N[C@@H]1CCC[C@H]1CC(=O)N1CCCC(c2cc(C(F)(F)F)n[nH]2)C1. The van der Waals surface area contributed by atoms with Gasteiger partial charge < -0.3 is 10.6 Å². The Morgan fingerprint density at radius 1 is 1.32 bits per heavy atom. The summed E-state index contributed by atoms with van der Waals surface area (Å²) in [6, 6.07) is 1.16. The van der Waals surface area contributed by atoms with Gasteiger partial charge >= 0.3 is 6.18 Å². The molecule has 3 rings (SSSR count). The molecule has 3 atom stereocenters. The molecule has 0 radical (unpaired) electrons. The molecule has 0 spiro atoms. The molecule has 2 fully saturated rings. The van der Waals surface area contributed by atoms with Crippen molar-refractivity contribution in [1.29, 1.82) is 0 Å². The Hall–Kier alpha value is -1.28. The van der Waals surface area contributed by atoms with Gasteiger partial charge in [-0.15, -0.1) is 12.4 Å². The molecule has 5 nitrogen and oxygen atoms in total. The van der Waals surface area contributed by atoms with Crippen LogP contribution in [0, 0.1) is 5.92 Å². The van der Waals surface area contributed by atoms with Gasteiger partial charge in [-0.3, -0.25) is 9.89 Å². The molecule has 2 heterocycles. The molecule has 1 amide bonds. The van der Waals surface area contributed by atoms with Crippen LogP contribution >= 0.6 is 12.4 Å². The number of piperidine rings is 1. The highest BCUT2D eigenvalue weighted by molar-refractivity contribution is 5.85. The van der Waals surface area contributed by atoms with Crippen molar-refractivity contribution >= 4 is 18.3 Å². The fraction of sp³-hybridized carbons (Fsp3) is 0.750. The Labute approximate surface area is 150 Å². The third kappa shape index (κ3) is 4.67. The van der Waals surface area contributed by atoms with Gasteiger partial charge in [0.1, 0.15) is 0 Å². The minimum atomic E-state index is -4.45. The highest BCUT2D eigenvalue weighted by Gasteiger charge is 2.36. The second kappa shape index (κ2) is 7.95. The van der Waals surface area contributed by atoms with Crippen molar-refractivity contribution in [2.24, 2.45) is 11.7 Å². The molecule has 3 N–H and O–H groups in total. The average molecular weight is 381 g/mol. The molecule has 2 aliphatic rings. The van der Waals surface area contributed by atoms with Crippen molar-refractivity contribution in [3.63, 3.8) is 0 Å². The molecule has 1 aromatic heterocycles. The standard InChI is InChI=1S/C16H23F3N4O.ClH/c17-16(18,19)14-8-13(21-22-14)11-4-2-6-23(9-11)15(24)7-10-3-1-5-12(10)20;/h8,10-12H,1-7,9,20H2,(H,21,22);1H/t10-,11?,12+;/m0./s1. The Morgan fingerprint density at radius 2 is 2.08 bits per heavy atom. The van der Waals surface area contributed by atoms with Crippen LogP contribution in [0.25, 0.3) is 0 Å². The molecular formula is C16H24ClF3N4O. The maximum atomic E-state index is 12.7. The molecule has 1 aliphatic heterocycles. The molecule has 1 unspecified atom stereocenters. The average Bonchev–Trinajstić information content (AvgIpc) is 3.17. The molecular weight excluding hydrogens is 357 g/mol. The number of hydrogen-bond acceptors (Lipinski definition) is 3. The van der Waals surface area contributed by atoms with E-state index in [9.17, 15) is 18.0 Å². The Bertz CT molecular complexity index is 592. The largest absolute Gasteiger partial charge is 0.435 e. The lowest BCUT2D eigenvalue weighted by molar-refractivity contribution is -0.141. The number of alkyl halides is 3. The van der Waals surface area contributed by atoms with Crippen LogP contribution in [0.2, 0.25) is 0 Å². The summed E-state index contributed by atoms with van der Waals surface area (Å²) in [5.74, 6) is 0.183. The second-order valence-corrected chi connectivity index (χ2v) is 6.94. The van der Waals surface area contributed by atoms with E-state index in [1.807, 2.05) is 0 Å². The van der Waals surface area contributed by atoms with Crippen molar-refractivity contribution < 1.29 is 18.0 Å². The minimum absolute atomic E-state index is 0. The molecule has 1 aliphatic carbocycles. The van der Waals surface area contributed by atoms with E-state index in [-0.39, 0.29) is 36.2 Å². The Balaban J connectivity index is 0.00000225. The lowest BCUT2D eigenvalue weighted by Crippen LogP contribution is -2.41. The fourth-order valence-corrected chi connectivity index (χ4v) is 3.82. The second-order valence-electron chi connectivity index (χ2n) is 6.94. The number of halogens is 4. The molecule has 25 heavy (non-hydrogen) atoms. The number of likely N-dealkylation sites (tertiary alicyclic amines) is 1. The van der Waals surface area contributed by atoms with Crippen LogP contribution in [-0.2, 0) is 11.0 Å². The lowest BCUT2D eigenvalue weighted by Gasteiger charge is -2.33. The maximum absolute atomic E-state index is 12.7. The van der Waals surface area contributed by atoms with E-state index in [4.69, 9.17) is 5.73 Å². The highest BCUT2D eigenvalue weighted by Crippen LogP contribution is 2.33. The van der Waals surface area contributed by atoms with E-state index in [0.29, 0.717) is 25.2 Å². The summed E-state index contributed by atoms with van der Waals surface area (Å²) >= 11 is 0. The monoisotopic (exact) mass is 380 g/mol. The number of carbonyl (C=O) groups is 1. The van der Waals surface area contributed by atoms with Gasteiger partial charge in [-0.25, -0.2) is 0 Å². The van der Waals surface area contributed by atoms with Gasteiger partial charge in [0.25, 0.3) is 0 Å². The van der Waals surface area contributed by atoms with E-state index in [1.165, 1.54) is 0 Å². The molecule has 1 aromatic rings. The molecule has 9 heteroatoms. The minimum Gasteiger partial charge on any atom is -0.342 e. The number of carbonyl (C=O) groups excluding carboxylic acids is 1. The summed E-state index contributed by atoms with van der Waals surface area (Å²) in [7, 11) is 0. The summed E-state index contributed by atoms with van der Waals surface area (Å²) in [5, 5.41) is 5.85. The zero-order chi connectivity index (χ0) is 17.3. The quantitative estimate of drug-likeness (QED) is 0.846. The van der Waals surface area contributed by atoms with E-state index < -0.39 is 11.9 Å². The normalized spacial score (nSPS) is 27.2. The molecule has 142 valence electrons. The van der Waals surface area contributed by atoms with E-state index >= 15 is 0 Å². The van der Waals surface area contributed by atoms with Crippen LogP contribution in [0.15, 0.2) is 6.07 Å². The van der Waals surface area contributed by atoms with Crippen LogP contribution in [0.4, 0.5) is 13.2 Å². The number of rotatable bonds is 3. The summed E-state index contributed by atoms with van der Waals surface area (Å²) in [5.41, 5.74) is 5.58. The van der Waals surface area contributed by atoms with Crippen LogP contribution in [-0.4, -0.2) is 40.1 Å². The summed E-state index contributed by atoms with van der Waals surface area (Å²) < 4.78 is 38.0. The first-order chi connectivity index (χ1) is 11.3. The van der Waals surface area contributed by atoms with Crippen molar-refractivity contribution in [3.05, 3.63) is 17.5 Å². The van der Waals surface area contributed by atoms with Crippen molar-refractivity contribution in [2.75, 3.05) is 13.1 Å². The van der Waals surface area contributed by atoms with Crippen molar-refractivity contribution in [1.82, 2.24) is 15.1 Å². The van der Waals surface area contributed by atoms with Gasteiger partial charge in [0.05, 0.1) is 0 Å². The highest BCUT2D eigenvalue weighted by atomic mass is 35.5. The van der Waals surface area contributed by atoms with Crippen molar-refractivity contribution in [2.45, 2.75) is 56.7 Å². The number of hydrogen-bond donors (Lipinski definition) is 2. The molecule has 0 bridgehead atoms. The Kier molecular flexibility index (Phi) is 6.37. The van der Waals surface area contributed by atoms with Crippen LogP contribution in [0.5, 0.6) is 0 Å². The van der Waals surface area contributed by atoms with Gasteiger partial charge in [0.15, 0.2) is 5.69 Å². The van der Waals surface area contributed by atoms with Gasteiger partial charge in [0, 0.05) is 37.2 Å². The maximum Gasteiger partial charge on any atom is 0.435 e. The zero-order valence-electron chi connectivity index (χ0n) is 13.9. The van der Waals surface area contributed by atoms with Crippen LogP contribution in [0.1, 0.15) is 55.8 Å². The summed E-state index contributed by atoms with van der Waals surface area (Å²) in [4.78, 5) is 14.3. The predicted octanol–water partition coefficient (Wildman–Crippen LogP) is 3.07. The lowest BCUT2D eigenvalue weighted by atomic mass is 9.93. The number of nitrogens with one attached hydrogen (secondary N) is 1. The smallest absolute Gasteiger partial charge is 0.342 e. The summed E-state index contributed by atoms with van der Waals surface area (Å²) in [6.45, 7) is 1.11. The first-order valence-corrected chi connectivity index (χ1v) is 8.50. The van der Waals surface area contributed by atoms with Crippen molar-refractivity contribution in [3.8, 4) is 0 Å². The van der Waals surface area contributed by atoms with E-state index in [0.717, 1.165) is 38.2 Å². The van der Waals surface area contributed by atoms with Gasteiger partial charge in [0.2, 0.25) is 5.91 Å². The Morgan fingerprint density at radius 3 is 2.68 bits per heavy atom. The van der Waals surface area contributed by atoms with Crippen LogP contribution in [0.3, 0.4) is 0 Å². The molecule has 1 saturated carbocycles. The predicted molar refractivity (Wildman–Crippen MR) is 89.3 cm³/mol. The third-order valence-electron chi connectivity index (χ3n) is 5.26. The van der Waals surface area contributed by atoms with E-state index in [1.54, 1.807) is 4.90 Å². The molecule has 0 aromatic carbocycles. The molecule has 1 saturated heterocycles. The number of aromatic amines is 1. The number of aromatic nitrogens is 2. The third-order valence-corrected chi connectivity index (χ3v) is 5.26. The fourth-order valence-electron chi connectivity index (χ4n) is 3.82. The number of nitrogens with zero attached hydrogens (tertiary/aromatic N) is 2. The van der Waals surface area contributed by atoms with Gasteiger partial charge in [-0.2, -0.15) is 18.3 Å². The number of amides is 1. The topological polar surface area (TPSA) is 75.0 Å². The first kappa shape index (κ1) is 20.0. The number of H-pyrrole nitrogens is 1.